The number of aryl methyl sites for hydroxylation is 1. The average Bonchev–Trinajstić information content (AvgIpc) is 2.89. The van der Waals surface area contributed by atoms with Crippen molar-refractivity contribution in [2.75, 3.05) is 4.90 Å². The van der Waals surface area contributed by atoms with Gasteiger partial charge < -0.3 is 0 Å². The van der Waals surface area contributed by atoms with Gasteiger partial charge in [-0.1, -0.05) is 49.2 Å². The first kappa shape index (κ1) is 17.8. The Labute approximate surface area is 156 Å². The van der Waals surface area contributed by atoms with Crippen molar-refractivity contribution in [1.82, 2.24) is 0 Å². The highest BCUT2D eigenvalue weighted by Crippen LogP contribution is 2.35. The van der Waals surface area contributed by atoms with Gasteiger partial charge in [-0.2, -0.15) is 0 Å². The molecule has 1 heterocycles. The molecule has 2 aromatic rings. The SMILES string of the molecule is CCCCc1ccc(N2C(=O)S/C(=C\c3ccc(Cl)cc3)C2=O)cc1. The van der Waals surface area contributed by atoms with E-state index in [0.29, 0.717) is 15.6 Å². The smallest absolute Gasteiger partial charge is 0.268 e. The number of nitrogens with zero attached hydrogens (tertiary/aromatic N) is 1. The maximum absolute atomic E-state index is 12.6. The van der Waals surface area contributed by atoms with E-state index in [1.807, 2.05) is 36.4 Å². The van der Waals surface area contributed by atoms with Crippen LogP contribution in [-0.2, 0) is 11.2 Å². The lowest BCUT2D eigenvalue weighted by Crippen LogP contribution is -2.27. The lowest BCUT2D eigenvalue weighted by atomic mass is 10.1. The third kappa shape index (κ3) is 4.14. The van der Waals surface area contributed by atoms with Gasteiger partial charge >= 0.3 is 0 Å². The summed E-state index contributed by atoms with van der Waals surface area (Å²) in [6.07, 6.45) is 5.00. The third-order valence-corrected chi connectivity index (χ3v) is 5.10. The van der Waals surface area contributed by atoms with Crippen molar-refractivity contribution in [1.29, 1.82) is 0 Å². The average molecular weight is 372 g/mol. The minimum Gasteiger partial charge on any atom is -0.268 e. The van der Waals surface area contributed by atoms with Crippen LogP contribution in [0.15, 0.2) is 53.4 Å². The minimum absolute atomic E-state index is 0.272. The van der Waals surface area contributed by atoms with E-state index in [2.05, 4.69) is 6.92 Å². The summed E-state index contributed by atoms with van der Waals surface area (Å²) in [5.41, 5.74) is 2.67. The van der Waals surface area contributed by atoms with Crippen molar-refractivity contribution in [3.8, 4) is 0 Å². The molecule has 1 aliphatic heterocycles. The van der Waals surface area contributed by atoms with Gasteiger partial charge in [0.2, 0.25) is 0 Å². The number of halogens is 1. The molecule has 0 N–H and O–H groups in total. The summed E-state index contributed by atoms with van der Waals surface area (Å²) in [6, 6.07) is 14.8. The molecule has 0 saturated carbocycles. The van der Waals surface area contributed by atoms with Gasteiger partial charge in [0, 0.05) is 5.02 Å². The number of rotatable bonds is 5. The van der Waals surface area contributed by atoms with Crippen molar-refractivity contribution < 1.29 is 9.59 Å². The zero-order chi connectivity index (χ0) is 17.8. The van der Waals surface area contributed by atoms with Gasteiger partial charge in [0.25, 0.3) is 11.1 Å². The number of amides is 2. The van der Waals surface area contributed by atoms with Gasteiger partial charge in [0.05, 0.1) is 10.6 Å². The van der Waals surface area contributed by atoms with Crippen LogP contribution in [0.1, 0.15) is 30.9 Å². The van der Waals surface area contributed by atoms with Crippen molar-refractivity contribution in [2.24, 2.45) is 0 Å². The number of hydrogen-bond donors (Lipinski definition) is 0. The second kappa shape index (κ2) is 7.89. The van der Waals surface area contributed by atoms with E-state index in [1.54, 1.807) is 18.2 Å². The predicted molar refractivity (Wildman–Crippen MR) is 105 cm³/mol. The molecular weight excluding hydrogens is 354 g/mol. The first-order valence-electron chi connectivity index (χ1n) is 8.21. The molecule has 25 heavy (non-hydrogen) atoms. The highest BCUT2D eigenvalue weighted by atomic mass is 35.5. The monoisotopic (exact) mass is 371 g/mol. The molecule has 5 heteroatoms. The number of carbonyl (C=O) groups is 2. The van der Waals surface area contributed by atoms with Crippen LogP contribution in [-0.4, -0.2) is 11.1 Å². The van der Waals surface area contributed by atoms with E-state index in [9.17, 15) is 9.59 Å². The maximum Gasteiger partial charge on any atom is 0.298 e. The molecule has 1 aliphatic rings. The molecule has 2 amide bonds. The van der Waals surface area contributed by atoms with E-state index in [4.69, 9.17) is 11.6 Å². The Morgan fingerprint density at radius 1 is 1.04 bits per heavy atom. The Bertz CT molecular complexity index is 813. The summed E-state index contributed by atoms with van der Waals surface area (Å²) in [5.74, 6) is -0.286. The van der Waals surface area contributed by atoms with E-state index < -0.39 is 0 Å². The molecule has 0 radical (unpaired) electrons. The molecule has 0 spiro atoms. The van der Waals surface area contributed by atoms with Crippen LogP contribution in [0.25, 0.3) is 6.08 Å². The molecule has 3 nitrogen and oxygen atoms in total. The summed E-state index contributed by atoms with van der Waals surface area (Å²) in [6.45, 7) is 2.15. The number of anilines is 1. The first-order chi connectivity index (χ1) is 12.1. The molecular formula is C20H18ClNO2S. The standard InChI is InChI=1S/C20H18ClNO2S/c1-2-3-4-14-7-11-17(12-8-14)22-19(23)18(25-20(22)24)13-15-5-9-16(21)10-6-15/h5-13H,2-4H2,1H3/b18-13-. The fraction of sp³-hybridized carbons (Fsp3) is 0.200. The van der Waals surface area contributed by atoms with Crippen molar-refractivity contribution in [3.05, 3.63) is 69.6 Å². The highest BCUT2D eigenvalue weighted by Gasteiger charge is 2.36. The summed E-state index contributed by atoms with van der Waals surface area (Å²) in [7, 11) is 0. The number of carbonyl (C=O) groups excluding carboxylic acids is 2. The largest absolute Gasteiger partial charge is 0.298 e. The molecule has 3 rings (SSSR count). The first-order valence-corrected chi connectivity index (χ1v) is 9.40. The molecule has 0 unspecified atom stereocenters. The van der Waals surface area contributed by atoms with Gasteiger partial charge in [-0.25, -0.2) is 4.90 Å². The second-order valence-electron chi connectivity index (χ2n) is 5.84. The molecule has 1 saturated heterocycles. The van der Waals surface area contributed by atoms with Crippen LogP contribution < -0.4 is 4.90 Å². The van der Waals surface area contributed by atoms with Gasteiger partial charge in [-0.05, 0) is 66.1 Å². The summed E-state index contributed by atoms with van der Waals surface area (Å²) < 4.78 is 0. The Kier molecular flexibility index (Phi) is 5.61. The maximum atomic E-state index is 12.6. The molecule has 0 bridgehead atoms. The number of thioether (sulfide) groups is 1. The highest BCUT2D eigenvalue weighted by molar-refractivity contribution is 8.19. The molecule has 2 aromatic carbocycles. The van der Waals surface area contributed by atoms with Gasteiger partial charge in [-0.15, -0.1) is 0 Å². The van der Waals surface area contributed by atoms with Gasteiger partial charge in [0.15, 0.2) is 0 Å². The Morgan fingerprint density at radius 3 is 2.36 bits per heavy atom. The van der Waals surface area contributed by atoms with Gasteiger partial charge in [-0.3, -0.25) is 9.59 Å². The quantitative estimate of drug-likeness (QED) is 0.612. The summed E-state index contributed by atoms with van der Waals surface area (Å²) in [5, 5.41) is 0.361. The van der Waals surface area contributed by atoms with E-state index in [-0.39, 0.29) is 11.1 Å². The molecule has 128 valence electrons. The van der Waals surface area contributed by atoms with Crippen molar-refractivity contribution in [3.63, 3.8) is 0 Å². The van der Waals surface area contributed by atoms with Crippen LogP contribution in [0.4, 0.5) is 10.5 Å². The fourth-order valence-corrected chi connectivity index (χ4v) is 3.56. The van der Waals surface area contributed by atoms with Crippen LogP contribution in [0.5, 0.6) is 0 Å². The zero-order valence-corrected chi connectivity index (χ0v) is 15.4. The summed E-state index contributed by atoms with van der Waals surface area (Å²) in [4.78, 5) is 26.6. The lowest BCUT2D eigenvalue weighted by Gasteiger charge is -2.13. The van der Waals surface area contributed by atoms with Crippen LogP contribution >= 0.6 is 23.4 Å². The molecule has 0 atom stereocenters. The second-order valence-corrected chi connectivity index (χ2v) is 7.27. The minimum atomic E-state index is -0.286. The summed E-state index contributed by atoms with van der Waals surface area (Å²) >= 11 is 6.83. The van der Waals surface area contributed by atoms with E-state index in [0.717, 1.165) is 36.6 Å². The molecule has 0 aromatic heterocycles. The fourth-order valence-electron chi connectivity index (χ4n) is 2.59. The van der Waals surface area contributed by atoms with Gasteiger partial charge in [0.1, 0.15) is 0 Å². The predicted octanol–water partition coefficient (Wildman–Crippen LogP) is 5.92. The molecule has 1 fully saturated rings. The molecule has 0 aliphatic carbocycles. The Morgan fingerprint density at radius 2 is 1.72 bits per heavy atom. The number of unbranched alkanes of at least 4 members (excludes halogenated alkanes) is 1. The Balaban J connectivity index is 1.80. The van der Waals surface area contributed by atoms with Crippen molar-refractivity contribution in [2.45, 2.75) is 26.2 Å². The van der Waals surface area contributed by atoms with Crippen molar-refractivity contribution >= 4 is 46.3 Å². The third-order valence-electron chi connectivity index (χ3n) is 3.98. The van der Waals surface area contributed by atoms with Crippen LogP contribution in [0.2, 0.25) is 5.02 Å². The van der Waals surface area contributed by atoms with Crippen LogP contribution in [0.3, 0.4) is 0 Å². The number of benzene rings is 2. The lowest BCUT2D eigenvalue weighted by molar-refractivity contribution is -0.113. The Hall–Kier alpha value is -2.04. The topological polar surface area (TPSA) is 37.4 Å². The van der Waals surface area contributed by atoms with E-state index in [1.165, 1.54) is 10.5 Å². The number of imide groups is 1. The number of hydrogen-bond acceptors (Lipinski definition) is 3. The van der Waals surface area contributed by atoms with E-state index >= 15 is 0 Å². The normalized spacial score (nSPS) is 16.1. The van der Waals surface area contributed by atoms with Crippen LogP contribution in [0, 0.1) is 0 Å². The zero-order valence-electron chi connectivity index (χ0n) is 13.9.